The molecule has 10 heteroatoms. The van der Waals surface area contributed by atoms with Gasteiger partial charge in [-0.3, -0.25) is 4.79 Å². The minimum atomic E-state index is -0.633. The molecule has 3 saturated carbocycles. The maximum atomic E-state index is 13.4. The number of aliphatic carboxylic acids is 1. The lowest BCUT2D eigenvalue weighted by Crippen LogP contribution is -2.69. The molecule has 4 fully saturated rings. The Morgan fingerprint density at radius 3 is 2.43 bits per heavy atom. The number of tetrazole rings is 1. The van der Waals surface area contributed by atoms with Gasteiger partial charge in [0.15, 0.2) is 0 Å². The normalized spacial score (nSPS) is 45.0. The van der Waals surface area contributed by atoms with Crippen LogP contribution in [0.25, 0.3) is 0 Å². The first-order valence-corrected chi connectivity index (χ1v) is 18.2. The average Bonchev–Trinajstić information content (AvgIpc) is 3.42. The zero-order valence-corrected chi connectivity index (χ0v) is 30.7. The maximum Gasteiger partial charge on any atom is 0.307 e. The number of nitrogens with two attached hydrogens (primary N) is 2. The summed E-state index contributed by atoms with van der Waals surface area (Å²) in [5, 5.41) is 24.1. The summed E-state index contributed by atoms with van der Waals surface area (Å²) < 4.78 is 13.6. The van der Waals surface area contributed by atoms with Crippen molar-refractivity contribution in [1.82, 2.24) is 20.2 Å². The number of hydrogen-bond acceptors (Lipinski definition) is 8. The lowest BCUT2D eigenvalue weighted by atomic mass is 9.34. The third kappa shape index (κ3) is 4.80. The van der Waals surface area contributed by atoms with E-state index in [-0.39, 0.29) is 57.0 Å². The second-order valence-electron chi connectivity index (χ2n) is 18.5. The van der Waals surface area contributed by atoms with Crippen molar-refractivity contribution in [2.75, 3.05) is 25.6 Å². The molecule has 0 radical (unpaired) electrons. The van der Waals surface area contributed by atoms with Gasteiger partial charge in [0, 0.05) is 16.4 Å². The second-order valence-corrected chi connectivity index (χ2v) is 18.5. The monoisotopic (exact) mass is 654 g/mol. The molecule has 0 aromatic carbocycles. The number of fused-ring (bicyclic) bond motifs is 3. The molecule has 1 aromatic rings. The fraction of sp³-hybridized carbons (Fsp3) is 0.892. The predicted octanol–water partition coefficient (Wildman–Crippen LogP) is 6.14. The largest absolute Gasteiger partial charge is 0.481 e. The zero-order valence-electron chi connectivity index (χ0n) is 30.7. The smallest absolute Gasteiger partial charge is 0.307 e. The second kappa shape index (κ2) is 11.2. The van der Waals surface area contributed by atoms with Crippen LogP contribution in [0.2, 0.25) is 0 Å². The van der Waals surface area contributed by atoms with Crippen molar-refractivity contribution in [2.45, 2.75) is 125 Å². The number of hydrogen-bond donors (Lipinski definition) is 3. The van der Waals surface area contributed by atoms with Crippen LogP contribution < -0.4 is 11.5 Å². The predicted molar refractivity (Wildman–Crippen MR) is 182 cm³/mol. The van der Waals surface area contributed by atoms with E-state index in [2.05, 4.69) is 90.7 Å². The number of allylic oxidation sites excluding steroid dienone is 1. The van der Waals surface area contributed by atoms with E-state index in [1.807, 2.05) is 0 Å². The topological polar surface area (TPSA) is 151 Å². The standard InChI is InChI=1S/C37H62N6O4/c1-21(2)23(5)32(6)15-16-34(8)24-11-12-27-33(7)18-46-20-37(27,25(24)13-14-35(34,9)28(32)30(44)45)17-26(43-41-31(38)40-42-43)29(33)47-19-36(10,39)22(3)4/h13,21-24,26-29H,11-12,14-20,39H2,1-10H3,(H2,38,41)(H,44,45)/t23-,24+,26-,27+,28-,29+,32-,33+,34-,35+,36+,37+/m1/s1. The van der Waals surface area contributed by atoms with E-state index in [0.717, 1.165) is 38.5 Å². The van der Waals surface area contributed by atoms with Crippen LogP contribution in [0, 0.1) is 62.6 Å². The summed E-state index contributed by atoms with van der Waals surface area (Å²) >= 11 is 0. The molecule has 2 bridgehead atoms. The SMILES string of the molecule is CC(C)[C@@H](C)[C@@]1(C)CC[C@]2(C)[C@H]3CC[C@@H]4[C@@]5(COC[C@]4(C)[C@@H](OC[C@](C)(N)C(C)C)[C@H](n4nnc(N)n4)C5)C3=CC[C@@]2(C)[C@@H]1C(=O)O. The van der Waals surface area contributed by atoms with E-state index in [1.165, 1.54) is 5.57 Å². The van der Waals surface area contributed by atoms with Gasteiger partial charge in [-0.05, 0) is 96.5 Å². The van der Waals surface area contributed by atoms with Crippen molar-refractivity contribution >= 4 is 11.9 Å². The van der Waals surface area contributed by atoms with Gasteiger partial charge in [-0.2, -0.15) is 4.80 Å². The quantitative estimate of drug-likeness (QED) is 0.281. The first kappa shape index (κ1) is 34.8. The molecule has 47 heavy (non-hydrogen) atoms. The van der Waals surface area contributed by atoms with E-state index >= 15 is 0 Å². The average molecular weight is 655 g/mol. The van der Waals surface area contributed by atoms with Crippen LogP contribution in [-0.2, 0) is 14.3 Å². The van der Waals surface area contributed by atoms with Crippen LogP contribution in [0.5, 0.6) is 0 Å². The molecular formula is C37H62N6O4. The van der Waals surface area contributed by atoms with Gasteiger partial charge in [-0.15, -0.1) is 5.10 Å². The molecule has 4 aliphatic carbocycles. The summed E-state index contributed by atoms with van der Waals surface area (Å²) in [6.07, 6.45) is 7.83. The van der Waals surface area contributed by atoms with Gasteiger partial charge in [0.2, 0.25) is 0 Å². The number of nitrogens with zero attached hydrogens (tertiary/aromatic N) is 4. The Bertz CT molecular complexity index is 1410. The Kier molecular flexibility index (Phi) is 8.32. The molecule has 10 nitrogen and oxygen atoms in total. The molecule has 2 heterocycles. The lowest BCUT2D eigenvalue weighted by Gasteiger charge is -2.71. The van der Waals surface area contributed by atoms with Crippen LogP contribution in [0.3, 0.4) is 0 Å². The zero-order chi connectivity index (χ0) is 34.5. The fourth-order valence-corrected chi connectivity index (χ4v) is 11.9. The van der Waals surface area contributed by atoms with E-state index in [9.17, 15) is 9.90 Å². The number of aromatic nitrogens is 4. The number of carboxylic acid groups (broad SMARTS) is 1. The Hall–Kier alpha value is -2.04. The van der Waals surface area contributed by atoms with Gasteiger partial charge in [0.25, 0.3) is 5.95 Å². The fourth-order valence-electron chi connectivity index (χ4n) is 11.9. The molecule has 6 rings (SSSR count). The van der Waals surface area contributed by atoms with Crippen LogP contribution in [0.1, 0.15) is 114 Å². The number of nitrogen functional groups attached to an aromatic ring is 1. The van der Waals surface area contributed by atoms with Crippen LogP contribution in [0.15, 0.2) is 11.6 Å². The number of anilines is 1. The molecule has 5 aliphatic rings. The molecule has 1 aromatic heterocycles. The third-order valence-electron chi connectivity index (χ3n) is 15.7. The maximum absolute atomic E-state index is 13.4. The summed E-state index contributed by atoms with van der Waals surface area (Å²) in [4.78, 5) is 15.1. The number of ether oxygens (including phenoxy) is 2. The Balaban J connectivity index is 1.44. The number of carboxylic acids is 1. The molecule has 0 amide bonds. The highest BCUT2D eigenvalue weighted by Crippen LogP contribution is 2.75. The van der Waals surface area contributed by atoms with Crippen LogP contribution >= 0.6 is 0 Å². The summed E-state index contributed by atoms with van der Waals surface area (Å²) in [6, 6.07) is -0.193. The van der Waals surface area contributed by atoms with Crippen molar-refractivity contribution < 1.29 is 19.4 Å². The van der Waals surface area contributed by atoms with E-state index in [4.69, 9.17) is 20.9 Å². The van der Waals surface area contributed by atoms with Gasteiger partial charge in [0.1, 0.15) is 6.04 Å². The molecule has 12 atom stereocenters. The highest BCUT2D eigenvalue weighted by atomic mass is 16.5. The molecule has 0 unspecified atom stereocenters. The van der Waals surface area contributed by atoms with E-state index in [1.54, 1.807) is 4.80 Å². The van der Waals surface area contributed by atoms with E-state index in [0.29, 0.717) is 37.6 Å². The molecule has 1 saturated heterocycles. The highest BCUT2D eigenvalue weighted by molar-refractivity contribution is 5.73. The van der Waals surface area contributed by atoms with Crippen molar-refractivity contribution in [2.24, 2.45) is 68.3 Å². The molecule has 5 N–H and O–H groups in total. The van der Waals surface area contributed by atoms with Gasteiger partial charge in [0.05, 0.1) is 31.8 Å². The minimum absolute atomic E-state index is 0.151. The lowest BCUT2D eigenvalue weighted by molar-refractivity contribution is -0.253. The Labute approximate surface area is 282 Å². The summed E-state index contributed by atoms with van der Waals surface area (Å²) in [5.74, 6) is 0.697. The summed E-state index contributed by atoms with van der Waals surface area (Å²) in [6.45, 7) is 24.1. The minimum Gasteiger partial charge on any atom is -0.481 e. The van der Waals surface area contributed by atoms with Gasteiger partial charge in [-0.1, -0.05) is 79.1 Å². The summed E-state index contributed by atoms with van der Waals surface area (Å²) in [5.41, 5.74) is 12.5. The van der Waals surface area contributed by atoms with Crippen LogP contribution in [-0.4, -0.2) is 62.7 Å². The van der Waals surface area contributed by atoms with Gasteiger partial charge >= 0.3 is 5.97 Å². The molecular weight excluding hydrogens is 592 g/mol. The highest BCUT2D eigenvalue weighted by Gasteiger charge is 2.72. The van der Waals surface area contributed by atoms with E-state index < -0.39 is 17.4 Å². The Morgan fingerprint density at radius 1 is 1.13 bits per heavy atom. The van der Waals surface area contributed by atoms with Gasteiger partial charge < -0.3 is 26.0 Å². The third-order valence-corrected chi connectivity index (χ3v) is 15.7. The van der Waals surface area contributed by atoms with Crippen molar-refractivity contribution in [3.05, 3.63) is 11.6 Å². The summed E-state index contributed by atoms with van der Waals surface area (Å²) in [7, 11) is 0. The van der Waals surface area contributed by atoms with Gasteiger partial charge in [-0.25, -0.2) is 0 Å². The molecule has 264 valence electrons. The van der Waals surface area contributed by atoms with Crippen molar-refractivity contribution in [1.29, 1.82) is 0 Å². The number of carbonyl (C=O) groups is 1. The van der Waals surface area contributed by atoms with Crippen LogP contribution in [0.4, 0.5) is 5.95 Å². The first-order valence-electron chi connectivity index (χ1n) is 18.2. The molecule has 1 aliphatic heterocycles. The number of rotatable bonds is 8. The van der Waals surface area contributed by atoms with Crippen molar-refractivity contribution in [3.8, 4) is 0 Å². The Morgan fingerprint density at radius 2 is 1.83 bits per heavy atom. The van der Waals surface area contributed by atoms with Crippen molar-refractivity contribution in [3.63, 3.8) is 0 Å². The first-order chi connectivity index (χ1) is 21.8. The molecule has 0 spiro atoms.